The number of nitrogens with one attached hydrogen (secondary N) is 1. The second kappa shape index (κ2) is 4.74. The molecule has 1 aromatic rings. The zero-order valence-electron chi connectivity index (χ0n) is 8.11. The number of hydrogen-bond acceptors (Lipinski definition) is 4. The Morgan fingerprint density at radius 2 is 2.27 bits per heavy atom. The Hall–Kier alpha value is -0.230. The highest BCUT2D eigenvalue weighted by molar-refractivity contribution is 9.10. The van der Waals surface area contributed by atoms with E-state index in [2.05, 4.69) is 21.2 Å². The summed E-state index contributed by atoms with van der Waals surface area (Å²) in [4.78, 5) is 1.03. The zero-order valence-corrected chi connectivity index (χ0v) is 10.5. The third-order valence-electron chi connectivity index (χ3n) is 2.38. The van der Waals surface area contributed by atoms with E-state index in [9.17, 15) is 5.11 Å². The van der Waals surface area contributed by atoms with Gasteiger partial charge in [-0.3, -0.25) is 0 Å². The number of benzene rings is 1. The number of nitrogen functional groups attached to an aromatic ring is 1. The van der Waals surface area contributed by atoms with Crippen LogP contribution in [0.4, 0.5) is 5.69 Å². The average molecular weight is 289 g/mol. The maximum Gasteiger partial charge on any atom is 0.0798 e. The number of rotatable bonds is 2. The number of anilines is 1. The minimum Gasteiger partial charge on any atom is -0.398 e. The quantitative estimate of drug-likeness (QED) is 0.721. The lowest BCUT2D eigenvalue weighted by Crippen LogP contribution is -2.20. The van der Waals surface area contributed by atoms with Crippen molar-refractivity contribution in [2.45, 2.75) is 16.2 Å². The number of β-amino-alcohol motifs (C(OH)–C–C–N with tert-alkyl or cyclic N) is 1. The third kappa shape index (κ3) is 2.66. The molecule has 1 aliphatic rings. The van der Waals surface area contributed by atoms with Gasteiger partial charge in [-0.15, -0.1) is 11.8 Å². The normalized spacial score (nSPS) is 25.7. The van der Waals surface area contributed by atoms with E-state index in [1.165, 1.54) is 0 Å². The lowest BCUT2D eigenvalue weighted by atomic mass is 10.3. The molecule has 0 aromatic heterocycles. The molecule has 0 bridgehead atoms. The second-order valence-corrected chi connectivity index (χ2v) is 5.76. The summed E-state index contributed by atoms with van der Waals surface area (Å²) in [6, 6.07) is 5.83. The van der Waals surface area contributed by atoms with E-state index in [4.69, 9.17) is 5.73 Å². The Morgan fingerprint density at radius 3 is 2.87 bits per heavy atom. The van der Waals surface area contributed by atoms with Crippen molar-refractivity contribution in [3.8, 4) is 0 Å². The van der Waals surface area contributed by atoms with Crippen LogP contribution >= 0.6 is 27.7 Å². The molecule has 5 heteroatoms. The van der Waals surface area contributed by atoms with Gasteiger partial charge in [-0.2, -0.15) is 0 Å². The summed E-state index contributed by atoms with van der Waals surface area (Å²) in [6.07, 6.45) is -0.280. The predicted octanol–water partition coefficient (Wildman–Crippen LogP) is 1.46. The van der Waals surface area contributed by atoms with Crippen LogP contribution in [-0.4, -0.2) is 29.5 Å². The maximum atomic E-state index is 9.66. The topological polar surface area (TPSA) is 58.3 Å². The van der Waals surface area contributed by atoms with Crippen LogP contribution in [-0.2, 0) is 0 Å². The third-order valence-corrected chi connectivity index (χ3v) is 4.28. The second-order valence-electron chi connectivity index (χ2n) is 3.56. The molecular formula is C10H13BrN2OS. The first-order valence-electron chi connectivity index (χ1n) is 4.77. The molecule has 0 spiro atoms. The van der Waals surface area contributed by atoms with E-state index >= 15 is 0 Å². The van der Waals surface area contributed by atoms with Gasteiger partial charge >= 0.3 is 0 Å². The van der Waals surface area contributed by atoms with Crippen LogP contribution < -0.4 is 11.1 Å². The van der Waals surface area contributed by atoms with E-state index in [0.717, 1.165) is 21.6 Å². The fourth-order valence-electron chi connectivity index (χ4n) is 1.55. The largest absolute Gasteiger partial charge is 0.398 e. The van der Waals surface area contributed by atoms with Crippen molar-refractivity contribution in [3.05, 3.63) is 22.7 Å². The summed E-state index contributed by atoms with van der Waals surface area (Å²) in [6.45, 7) is 1.51. The van der Waals surface area contributed by atoms with Crippen LogP contribution in [0.2, 0.25) is 0 Å². The lowest BCUT2D eigenvalue weighted by Gasteiger charge is -2.14. The van der Waals surface area contributed by atoms with Crippen LogP contribution in [0.15, 0.2) is 27.6 Å². The molecule has 1 saturated heterocycles. The monoisotopic (exact) mass is 288 g/mol. The van der Waals surface area contributed by atoms with Crippen molar-refractivity contribution in [3.63, 3.8) is 0 Å². The van der Waals surface area contributed by atoms with Gasteiger partial charge in [-0.05, 0) is 18.2 Å². The van der Waals surface area contributed by atoms with E-state index in [-0.39, 0.29) is 11.4 Å². The molecule has 0 radical (unpaired) electrons. The van der Waals surface area contributed by atoms with Crippen molar-refractivity contribution in [2.75, 3.05) is 18.8 Å². The highest BCUT2D eigenvalue weighted by Gasteiger charge is 2.26. The van der Waals surface area contributed by atoms with Gasteiger partial charge in [0.25, 0.3) is 0 Å². The van der Waals surface area contributed by atoms with Crippen LogP contribution in [0.5, 0.6) is 0 Å². The van der Waals surface area contributed by atoms with E-state index in [1.54, 1.807) is 11.8 Å². The smallest absolute Gasteiger partial charge is 0.0798 e. The van der Waals surface area contributed by atoms with Gasteiger partial charge in [0.15, 0.2) is 0 Å². The van der Waals surface area contributed by atoms with E-state index < -0.39 is 0 Å². The standard InChI is InChI=1S/C10H13BrN2OS/c11-6-1-2-9(7(12)3-6)15-10-5-13-4-8(10)14/h1-3,8,10,13-14H,4-5,12H2. The van der Waals surface area contributed by atoms with Gasteiger partial charge in [-0.25, -0.2) is 0 Å². The number of nitrogens with two attached hydrogens (primary N) is 1. The molecule has 1 heterocycles. The molecule has 1 fully saturated rings. The summed E-state index contributed by atoms with van der Waals surface area (Å²) in [5, 5.41) is 13.0. The van der Waals surface area contributed by atoms with Crippen molar-refractivity contribution in [2.24, 2.45) is 0 Å². The molecule has 1 aliphatic heterocycles. The molecule has 2 atom stereocenters. The molecule has 4 N–H and O–H groups in total. The summed E-state index contributed by atoms with van der Waals surface area (Å²) in [7, 11) is 0. The molecule has 3 nitrogen and oxygen atoms in total. The van der Waals surface area contributed by atoms with E-state index in [0.29, 0.717) is 6.54 Å². The number of hydrogen-bond donors (Lipinski definition) is 3. The van der Waals surface area contributed by atoms with Crippen molar-refractivity contribution in [1.29, 1.82) is 0 Å². The average Bonchev–Trinajstić information content (AvgIpc) is 2.57. The molecule has 15 heavy (non-hydrogen) atoms. The van der Waals surface area contributed by atoms with Crippen LogP contribution in [0.3, 0.4) is 0 Å². The minimum absolute atomic E-state index is 0.202. The van der Waals surface area contributed by atoms with Gasteiger partial charge in [0.05, 0.1) is 6.10 Å². The summed E-state index contributed by atoms with van der Waals surface area (Å²) in [5.74, 6) is 0. The molecule has 1 aromatic carbocycles. The highest BCUT2D eigenvalue weighted by Crippen LogP contribution is 2.33. The Labute approximate surface area is 102 Å². The first-order chi connectivity index (χ1) is 7.16. The van der Waals surface area contributed by atoms with Crippen LogP contribution in [0, 0.1) is 0 Å². The lowest BCUT2D eigenvalue weighted by molar-refractivity contribution is 0.201. The maximum absolute atomic E-state index is 9.66. The first kappa shape index (κ1) is 11.3. The van der Waals surface area contributed by atoms with E-state index in [1.807, 2.05) is 18.2 Å². The molecule has 0 aliphatic carbocycles. The number of aliphatic hydroxyl groups is 1. The Balaban J connectivity index is 2.10. The molecule has 82 valence electrons. The van der Waals surface area contributed by atoms with Crippen molar-refractivity contribution in [1.82, 2.24) is 5.32 Å². The fraction of sp³-hybridized carbons (Fsp3) is 0.400. The predicted molar refractivity (Wildman–Crippen MR) is 67.1 cm³/mol. The summed E-state index contributed by atoms with van der Waals surface area (Å²) in [5.41, 5.74) is 6.65. The minimum atomic E-state index is -0.280. The van der Waals surface area contributed by atoms with Gasteiger partial charge in [-0.1, -0.05) is 15.9 Å². The highest BCUT2D eigenvalue weighted by atomic mass is 79.9. The number of halogens is 1. The molecule has 2 rings (SSSR count). The van der Waals surface area contributed by atoms with Gasteiger partial charge in [0.1, 0.15) is 0 Å². The van der Waals surface area contributed by atoms with Crippen molar-refractivity contribution >= 4 is 33.4 Å². The van der Waals surface area contributed by atoms with Gasteiger partial charge < -0.3 is 16.2 Å². The zero-order chi connectivity index (χ0) is 10.8. The molecule has 0 amide bonds. The molecular weight excluding hydrogens is 276 g/mol. The summed E-state index contributed by atoms with van der Waals surface area (Å²) < 4.78 is 0.981. The number of thioether (sulfide) groups is 1. The first-order valence-corrected chi connectivity index (χ1v) is 6.44. The molecule has 0 saturated carbocycles. The Bertz CT molecular complexity index is 361. The summed E-state index contributed by atoms with van der Waals surface area (Å²) >= 11 is 5.01. The van der Waals surface area contributed by atoms with Gasteiger partial charge in [0.2, 0.25) is 0 Å². The van der Waals surface area contributed by atoms with Crippen molar-refractivity contribution < 1.29 is 5.11 Å². The SMILES string of the molecule is Nc1cc(Br)ccc1SC1CNCC1O. The molecule has 2 unspecified atom stereocenters. The Morgan fingerprint density at radius 1 is 1.47 bits per heavy atom. The number of aliphatic hydroxyl groups excluding tert-OH is 1. The van der Waals surface area contributed by atoms with Crippen LogP contribution in [0.1, 0.15) is 0 Å². The Kier molecular flexibility index (Phi) is 3.56. The van der Waals surface area contributed by atoms with Crippen LogP contribution in [0.25, 0.3) is 0 Å². The fourth-order valence-corrected chi connectivity index (χ4v) is 3.05. The van der Waals surface area contributed by atoms with Gasteiger partial charge in [0, 0.05) is 33.4 Å².